The number of piperidine rings is 1. The maximum atomic E-state index is 12.5. The van der Waals surface area contributed by atoms with Crippen molar-refractivity contribution in [1.29, 1.82) is 0 Å². The predicted octanol–water partition coefficient (Wildman–Crippen LogP) is 0.831. The number of aromatic amines is 1. The lowest BCUT2D eigenvalue weighted by atomic mass is 10.0. The molecule has 2 aromatic rings. The molecule has 0 aliphatic carbocycles. The van der Waals surface area contributed by atoms with Crippen LogP contribution in [-0.4, -0.2) is 64.8 Å². The topological polar surface area (TPSA) is 103 Å². The molecule has 0 atom stereocenters. The lowest BCUT2D eigenvalue weighted by Gasteiger charge is -2.37. The number of fused-ring (bicyclic) bond motifs is 1. The predicted molar refractivity (Wildman–Crippen MR) is 94.8 cm³/mol. The number of amides is 2. The van der Waals surface area contributed by atoms with Crippen LogP contribution >= 0.6 is 0 Å². The Morgan fingerprint density at radius 3 is 2.50 bits per heavy atom. The number of hydrogen-bond donors (Lipinski definition) is 1. The Balaban J connectivity index is 1.36. The SMILES string of the molecule is O=C1CCCC(=O)N1CCS(=O)(=O)N1CC(c2nc3ccccc3[nH]2)C1. The number of rotatable bonds is 5. The minimum atomic E-state index is -3.50. The van der Waals surface area contributed by atoms with E-state index < -0.39 is 10.0 Å². The molecule has 0 radical (unpaired) electrons. The van der Waals surface area contributed by atoms with E-state index in [1.165, 1.54) is 4.31 Å². The highest BCUT2D eigenvalue weighted by atomic mass is 32.2. The molecule has 3 heterocycles. The molecule has 26 heavy (non-hydrogen) atoms. The highest BCUT2D eigenvalue weighted by Gasteiger charge is 2.38. The number of likely N-dealkylation sites (tertiary alicyclic amines) is 1. The molecule has 2 aliphatic rings. The first-order valence-corrected chi connectivity index (χ1v) is 10.3. The highest BCUT2D eigenvalue weighted by molar-refractivity contribution is 7.89. The summed E-state index contributed by atoms with van der Waals surface area (Å²) in [6, 6.07) is 7.68. The van der Waals surface area contributed by atoms with Crippen LogP contribution in [0.4, 0.5) is 0 Å². The van der Waals surface area contributed by atoms with Gasteiger partial charge in [0.1, 0.15) is 5.82 Å². The van der Waals surface area contributed by atoms with Crippen LogP contribution in [0.25, 0.3) is 11.0 Å². The molecule has 1 N–H and O–H groups in total. The maximum absolute atomic E-state index is 12.5. The van der Waals surface area contributed by atoms with Gasteiger partial charge in [-0.1, -0.05) is 12.1 Å². The molecule has 0 saturated carbocycles. The molecule has 2 aliphatic heterocycles. The van der Waals surface area contributed by atoms with E-state index in [-0.39, 0.29) is 30.0 Å². The number of carbonyl (C=O) groups excluding carboxylic acids is 2. The van der Waals surface area contributed by atoms with Gasteiger partial charge in [-0.25, -0.2) is 17.7 Å². The first kappa shape index (κ1) is 17.2. The molecule has 2 amide bonds. The van der Waals surface area contributed by atoms with Crippen molar-refractivity contribution < 1.29 is 18.0 Å². The summed E-state index contributed by atoms with van der Waals surface area (Å²) >= 11 is 0. The number of hydrogen-bond acceptors (Lipinski definition) is 5. The van der Waals surface area contributed by atoms with E-state index in [2.05, 4.69) is 9.97 Å². The average Bonchev–Trinajstić information content (AvgIpc) is 2.96. The van der Waals surface area contributed by atoms with Crippen molar-refractivity contribution in [3.05, 3.63) is 30.1 Å². The number of nitrogens with zero attached hydrogens (tertiary/aromatic N) is 3. The number of imide groups is 1. The van der Waals surface area contributed by atoms with Gasteiger partial charge in [0.2, 0.25) is 21.8 Å². The number of carbonyl (C=O) groups is 2. The van der Waals surface area contributed by atoms with Crippen LogP contribution in [0.5, 0.6) is 0 Å². The van der Waals surface area contributed by atoms with Gasteiger partial charge in [-0.3, -0.25) is 14.5 Å². The second-order valence-corrected chi connectivity index (χ2v) is 8.85. The second-order valence-electron chi connectivity index (χ2n) is 6.76. The Morgan fingerprint density at radius 2 is 1.81 bits per heavy atom. The largest absolute Gasteiger partial charge is 0.342 e. The molecule has 138 valence electrons. The summed E-state index contributed by atoms with van der Waals surface area (Å²) in [4.78, 5) is 32.4. The van der Waals surface area contributed by atoms with Crippen LogP contribution < -0.4 is 0 Å². The molecule has 8 nitrogen and oxygen atoms in total. The number of sulfonamides is 1. The second kappa shape index (κ2) is 6.48. The lowest BCUT2D eigenvalue weighted by molar-refractivity contribution is -0.147. The summed E-state index contributed by atoms with van der Waals surface area (Å²) in [5.41, 5.74) is 1.80. The highest BCUT2D eigenvalue weighted by Crippen LogP contribution is 2.29. The van der Waals surface area contributed by atoms with Gasteiger partial charge in [-0.05, 0) is 18.6 Å². The van der Waals surface area contributed by atoms with E-state index in [0.29, 0.717) is 32.4 Å². The molecule has 1 aromatic carbocycles. The van der Waals surface area contributed by atoms with Gasteiger partial charge in [0.25, 0.3) is 0 Å². The van der Waals surface area contributed by atoms with Crippen LogP contribution in [0.3, 0.4) is 0 Å². The third-order valence-electron chi connectivity index (χ3n) is 4.99. The number of benzene rings is 1. The van der Waals surface area contributed by atoms with Crippen molar-refractivity contribution in [2.45, 2.75) is 25.2 Å². The zero-order valence-electron chi connectivity index (χ0n) is 14.2. The van der Waals surface area contributed by atoms with E-state index in [0.717, 1.165) is 21.8 Å². The first-order valence-electron chi connectivity index (χ1n) is 8.70. The molecule has 2 fully saturated rings. The fourth-order valence-corrected chi connectivity index (χ4v) is 4.87. The number of H-pyrrole nitrogens is 1. The fraction of sp³-hybridized carbons (Fsp3) is 0.471. The molecule has 0 spiro atoms. The van der Waals surface area contributed by atoms with Gasteiger partial charge in [-0.15, -0.1) is 0 Å². The third-order valence-corrected chi connectivity index (χ3v) is 6.78. The average molecular weight is 376 g/mol. The summed E-state index contributed by atoms with van der Waals surface area (Å²) in [5, 5.41) is 0. The van der Waals surface area contributed by atoms with Gasteiger partial charge in [0.05, 0.1) is 16.8 Å². The van der Waals surface area contributed by atoms with Crippen molar-refractivity contribution in [2.24, 2.45) is 0 Å². The molecular weight excluding hydrogens is 356 g/mol. The van der Waals surface area contributed by atoms with E-state index in [1.807, 2.05) is 24.3 Å². The Bertz CT molecular complexity index is 913. The standard InChI is InChI=1S/C17H20N4O4S/c22-15-6-3-7-16(23)21(15)8-9-26(24,25)20-10-12(11-20)17-18-13-4-1-2-5-14(13)19-17/h1-2,4-5,12H,3,6-11H2,(H,18,19). The molecule has 0 unspecified atom stereocenters. The Morgan fingerprint density at radius 1 is 1.12 bits per heavy atom. The lowest BCUT2D eigenvalue weighted by Crippen LogP contribution is -2.51. The summed E-state index contributed by atoms with van der Waals surface area (Å²) in [7, 11) is -3.50. The van der Waals surface area contributed by atoms with E-state index in [4.69, 9.17) is 0 Å². The Labute approximate surface area is 151 Å². The van der Waals surface area contributed by atoms with Crippen LogP contribution in [0.15, 0.2) is 24.3 Å². The molecule has 2 saturated heterocycles. The third kappa shape index (κ3) is 3.12. The van der Waals surface area contributed by atoms with Crippen LogP contribution in [-0.2, 0) is 19.6 Å². The summed E-state index contributed by atoms with van der Waals surface area (Å²) in [6.07, 6.45) is 1.17. The van der Waals surface area contributed by atoms with Crippen LogP contribution in [0.2, 0.25) is 0 Å². The van der Waals surface area contributed by atoms with Gasteiger partial charge < -0.3 is 4.98 Å². The summed E-state index contributed by atoms with van der Waals surface area (Å²) in [5.74, 6) is 0.0482. The Hall–Kier alpha value is -2.26. The van der Waals surface area contributed by atoms with E-state index in [1.54, 1.807) is 0 Å². The molecule has 9 heteroatoms. The van der Waals surface area contributed by atoms with Gasteiger partial charge in [0.15, 0.2) is 0 Å². The summed E-state index contributed by atoms with van der Waals surface area (Å²) < 4.78 is 26.3. The number of nitrogens with one attached hydrogen (secondary N) is 1. The van der Waals surface area contributed by atoms with Crippen LogP contribution in [0, 0.1) is 0 Å². The number of para-hydroxylation sites is 2. The van der Waals surface area contributed by atoms with Crippen molar-refractivity contribution in [1.82, 2.24) is 19.2 Å². The number of aromatic nitrogens is 2. The monoisotopic (exact) mass is 376 g/mol. The molecule has 1 aromatic heterocycles. The zero-order valence-corrected chi connectivity index (χ0v) is 15.0. The molecule has 0 bridgehead atoms. The van der Waals surface area contributed by atoms with Gasteiger partial charge >= 0.3 is 0 Å². The van der Waals surface area contributed by atoms with Crippen LogP contribution in [0.1, 0.15) is 31.0 Å². The number of imidazole rings is 1. The minimum Gasteiger partial charge on any atom is -0.342 e. The quantitative estimate of drug-likeness (QED) is 0.779. The van der Waals surface area contributed by atoms with Crippen molar-refractivity contribution in [3.8, 4) is 0 Å². The van der Waals surface area contributed by atoms with Crippen molar-refractivity contribution in [2.75, 3.05) is 25.4 Å². The van der Waals surface area contributed by atoms with E-state index in [9.17, 15) is 18.0 Å². The minimum absolute atomic E-state index is 0.0374. The van der Waals surface area contributed by atoms with Crippen molar-refractivity contribution >= 4 is 32.9 Å². The Kier molecular flexibility index (Phi) is 4.28. The first-order chi connectivity index (χ1) is 12.4. The fourth-order valence-electron chi connectivity index (χ4n) is 3.39. The van der Waals surface area contributed by atoms with Crippen molar-refractivity contribution in [3.63, 3.8) is 0 Å². The van der Waals surface area contributed by atoms with Gasteiger partial charge in [0, 0.05) is 38.4 Å². The smallest absolute Gasteiger partial charge is 0.229 e. The van der Waals surface area contributed by atoms with Gasteiger partial charge in [-0.2, -0.15) is 0 Å². The summed E-state index contributed by atoms with van der Waals surface area (Å²) in [6.45, 7) is 0.667. The normalized spacial score (nSPS) is 19.9. The van der Waals surface area contributed by atoms with E-state index >= 15 is 0 Å². The molecular formula is C17H20N4O4S. The molecule has 4 rings (SSSR count). The zero-order chi connectivity index (χ0) is 18.3. The maximum Gasteiger partial charge on any atom is 0.229 e.